The minimum absolute atomic E-state index is 0.141. The van der Waals surface area contributed by atoms with Crippen LogP contribution in [0.5, 0.6) is 5.88 Å². The second-order valence-corrected chi connectivity index (χ2v) is 6.22. The summed E-state index contributed by atoms with van der Waals surface area (Å²) in [6, 6.07) is 5.66. The summed E-state index contributed by atoms with van der Waals surface area (Å²) in [7, 11) is 0. The minimum atomic E-state index is 0.141. The van der Waals surface area contributed by atoms with E-state index in [-0.39, 0.29) is 11.2 Å². The van der Waals surface area contributed by atoms with Crippen LogP contribution in [0.4, 0.5) is 0 Å². The number of carbonyl (C=O) groups is 1. The number of nitrogens with zero attached hydrogens (tertiary/aromatic N) is 1. The van der Waals surface area contributed by atoms with Gasteiger partial charge in [0, 0.05) is 18.2 Å². The number of aryl methyl sites for hydroxylation is 1. The summed E-state index contributed by atoms with van der Waals surface area (Å²) in [6.07, 6.45) is 6.14. The highest BCUT2D eigenvalue weighted by molar-refractivity contribution is 5.95. The molecule has 20 heavy (non-hydrogen) atoms. The Labute approximate surface area is 120 Å². The summed E-state index contributed by atoms with van der Waals surface area (Å²) < 4.78 is 5.90. The molecule has 0 amide bonds. The normalized spacial score (nSPS) is 26.4. The lowest BCUT2D eigenvalue weighted by Gasteiger charge is -2.40. The number of aromatic nitrogens is 1. The van der Waals surface area contributed by atoms with Crippen molar-refractivity contribution in [1.82, 2.24) is 4.98 Å². The molecular weight excluding hydrogens is 250 g/mol. The molecule has 1 unspecified atom stereocenters. The van der Waals surface area contributed by atoms with Crippen LogP contribution < -0.4 is 4.74 Å². The van der Waals surface area contributed by atoms with Crippen LogP contribution in [0.2, 0.25) is 0 Å². The third-order valence-corrected chi connectivity index (χ3v) is 4.63. The highest BCUT2D eigenvalue weighted by Gasteiger charge is 2.40. The summed E-state index contributed by atoms with van der Waals surface area (Å²) >= 11 is 0. The molecule has 0 spiro atoms. The van der Waals surface area contributed by atoms with Crippen LogP contribution in [0.3, 0.4) is 0 Å². The van der Waals surface area contributed by atoms with Gasteiger partial charge in [-0.15, -0.1) is 0 Å². The Kier molecular flexibility index (Phi) is 3.36. The molecule has 0 aliphatic heterocycles. The quantitative estimate of drug-likeness (QED) is 0.817. The minimum Gasteiger partial charge on any atom is -0.435 e. The zero-order chi connectivity index (χ0) is 14.2. The Hall–Kier alpha value is -1.64. The molecule has 3 nitrogen and oxygen atoms in total. The van der Waals surface area contributed by atoms with Crippen molar-refractivity contribution in [3.63, 3.8) is 0 Å². The summed E-state index contributed by atoms with van der Waals surface area (Å²) in [6.45, 7) is 4.21. The second kappa shape index (κ2) is 5.04. The number of carbonyl (C=O) groups excluding carboxylic acids is 1. The maximum absolute atomic E-state index is 12.3. The first kappa shape index (κ1) is 13.3. The van der Waals surface area contributed by atoms with E-state index in [1.54, 1.807) is 0 Å². The van der Waals surface area contributed by atoms with Gasteiger partial charge >= 0.3 is 0 Å². The average Bonchev–Trinajstić information content (AvgIpc) is 2.42. The number of pyridine rings is 1. The predicted octanol–water partition coefficient (Wildman–Crippen LogP) is 3.97. The Morgan fingerprint density at radius 1 is 1.20 bits per heavy atom. The molecule has 0 radical (unpaired) electrons. The van der Waals surface area contributed by atoms with Crippen molar-refractivity contribution in [2.24, 2.45) is 5.41 Å². The molecule has 2 aliphatic carbocycles. The Morgan fingerprint density at radius 2 is 2.05 bits per heavy atom. The highest BCUT2D eigenvalue weighted by atomic mass is 16.5. The smallest absolute Gasteiger partial charge is 0.219 e. The molecule has 0 saturated heterocycles. The molecule has 1 saturated carbocycles. The van der Waals surface area contributed by atoms with E-state index in [2.05, 4.69) is 11.9 Å². The van der Waals surface area contributed by atoms with E-state index >= 15 is 0 Å². The van der Waals surface area contributed by atoms with E-state index in [0.29, 0.717) is 18.1 Å². The van der Waals surface area contributed by atoms with Gasteiger partial charge in [-0.1, -0.05) is 19.4 Å². The molecular formula is C17H21NO2. The summed E-state index contributed by atoms with van der Waals surface area (Å²) in [5.74, 6) is 1.26. The molecule has 106 valence electrons. The molecule has 3 rings (SSSR count). The SMILES string of the molecule is Cc1cccc(OC2=C3CCCCC3(C)CCC2=O)n1. The fourth-order valence-electron chi connectivity index (χ4n) is 3.40. The third kappa shape index (κ3) is 2.37. The second-order valence-electron chi connectivity index (χ2n) is 6.22. The van der Waals surface area contributed by atoms with E-state index < -0.39 is 0 Å². The Morgan fingerprint density at radius 3 is 2.85 bits per heavy atom. The van der Waals surface area contributed by atoms with Gasteiger partial charge in [0.05, 0.1) is 0 Å². The van der Waals surface area contributed by atoms with Crippen LogP contribution in [0, 0.1) is 12.3 Å². The number of rotatable bonds is 2. The standard InChI is InChI=1S/C17H21NO2/c1-12-6-5-8-15(18-12)20-16-13-7-3-4-10-17(13,2)11-9-14(16)19/h5-6,8H,3-4,7,9-11H2,1-2H3. The molecule has 2 aliphatic rings. The van der Waals surface area contributed by atoms with Gasteiger partial charge < -0.3 is 4.74 Å². The number of ketones is 1. The van der Waals surface area contributed by atoms with Crippen LogP contribution in [0.1, 0.15) is 51.1 Å². The van der Waals surface area contributed by atoms with Gasteiger partial charge in [-0.2, -0.15) is 0 Å². The van der Waals surface area contributed by atoms with Crippen LogP contribution in [0.25, 0.3) is 0 Å². The maximum Gasteiger partial charge on any atom is 0.219 e. The lowest BCUT2D eigenvalue weighted by Crippen LogP contribution is -2.33. The molecule has 0 bridgehead atoms. The van der Waals surface area contributed by atoms with Crippen LogP contribution >= 0.6 is 0 Å². The topological polar surface area (TPSA) is 39.2 Å². The average molecular weight is 271 g/mol. The molecule has 3 heteroatoms. The fourth-order valence-corrected chi connectivity index (χ4v) is 3.40. The largest absolute Gasteiger partial charge is 0.435 e. The molecule has 1 atom stereocenters. The van der Waals surface area contributed by atoms with E-state index in [1.807, 2.05) is 25.1 Å². The molecule has 1 heterocycles. The van der Waals surface area contributed by atoms with Crippen LogP contribution in [0.15, 0.2) is 29.5 Å². The first-order valence-corrected chi connectivity index (χ1v) is 7.47. The summed E-state index contributed by atoms with van der Waals surface area (Å²) in [5.41, 5.74) is 2.29. The Bertz CT molecular complexity index is 576. The van der Waals surface area contributed by atoms with Crippen molar-refractivity contribution in [2.75, 3.05) is 0 Å². The van der Waals surface area contributed by atoms with E-state index in [9.17, 15) is 4.79 Å². The van der Waals surface area contributed by atoms with Crippen LogP contribution in [-0.4, -0.2) is 10.8 Å². The third-order valence-electron chi connectivity index (χ3n) is 4.63. The lowest BCUT2D eigenvalue weighted by atomic mass is 9.65. The van der Waals surface area contributed by atoms with Gasteiger partial charge in [0.1, 0.15) is 0 Å². The van der Waals surface area contributed by atoms with E-state index in [0.717, 1.165) is 25.0 Å². The highest BCUT2D eigenvalue weighted by Crippen LogP contribution is 2.48. The van der Waals surface area contributed by atoms with Gasteiger partial charge in [0.25, 0.3) is 0 Å². The number of fused-ring (bicyclic) bond motifs is 1. The van der Waals surface area contributed by atoms with Crippen molar-refractivity contribution in [3.8, 4) is 5.88 Å². The molecule has 1 fully saturated rings. The van der Waals surface area contributed by atoms with Gasteiger partial charge in [-0.3, -0.25) is 4.79 Å². The van der Waals surface area contributed by atoms with Crippen molar-refractivity contribution in [2.45, 2.75) is 52.4 Å². The van der Waals surface area contributed by atoms with Crippen molar-refractivity contribution < 1.29 is 9.53 Å². The fraction of sp³-hybridized carbons (Fsp3) is 0.529. The van der Waals surface area contributed by atoms with Crippen molar-refractivity contribution in [1.29, 1.82) is 0 Å². The zero-order valence-electron chi connectivity index (χ0n) is 12.2. The van der Waals surface area contributed by atoms with Crippen molar-refractivity contribution >= 4 is 5.78 Å². The van der Waals surface area contributed by atoms with Crippen molar-refractivity contribution in [3.05, 3.63) is 35.2 Å². The zero-order valence-corrected chi connectivity index (χ0v) is 12.2. The first-order chi connectivity index (χ1) is 9.58. The molecule has 1 aromatic heterocycles. The summed E-state index contributed by atoms with van der Waals surface area (Å²) in [4.78, 5) is 16.6. The summed E-state index contributed by atoms with van der Waals surface area (Å²) in [5, 5.41) is 0. The van der Waals surface area contributed by atoms with Gasteiger partial charge in [0.2, 0.25) is 5.88 Å². The van der Waals surface area contributed by atoms with Gasteiger partial charge in [-0.25, -0.2) is 4.98 Å². The monoisotopic (exact) mass is 271 g/mol. The molecule has 0 aromatic carbocycles. The number of allylic oxidation sites excluding steroid dienone is 2. The maximum atomic E-state index is 12.3. The molecule has 1 aromatic rings. The number of Topliss-reactive ketones (excluding diaryl/α,β-unsaturated/α-hetero) is 1. The predicted molar refractivity (Wildman–Crippen MR) is 77.4 cm³/mol. The number of ether oxygens (including phenoxy) is 1. The van der Waals surface area contributed by atoms with Gasteiger partial charge in [-0.05, 0) is 49.7 Å². The lowest BCUT2D eigenvalue weighted by molar-refractivity contribution is -0.119. The molecule has 0 N–H and O–H groups in total. The first-order valence-electron chi connectivity index (χ1n) is 7.47. The van der Waals surface area contributed by atoms with Gasteiger partial charge in [0.15, 0.2) is 11.5 Å². The number of hydrogen-bond acceptors (Lipinski definition) is 3. The number of hydrogen-bond donors (Lipinski definition) is 0. The van der Waals surface area contributed by atoms with Crippen LogP contribution in [-0.2, 0) is 4.79 Å². The van der Waals surface area contributed by atoms with E-state index in [4.69, 9.17) is 4.74 Å². The Balaban J connectivity index is 1.97. The van der Waals surface area contributed by atoms with E-state index in [1.165, 1.54) is 18.4 Å².